The van der Waals surface area contributed by atoms with E-state index in [9.17, 15) is 15.0 Å². The van der Waals surface area contributed by atoms with Crippen molar-refractivity contribution in [3.8, 4) is 0 Å². The molecule has 2 atom stereocenters. The molecule has 4 heteroatoms. The van der Waals surface area contributed by atoms with Gasteiger partial charge in [-0.05, 0) is 19.3 Å². The van der Waals surface area contributed by atoms with Crippen LogP contribution in [0, 0.1) is 0 Å². The molecule has 3 N–H and O–H groups in total. The summed E-state index contributed by atoms with van der Waals surface area (Å²) in [4.78, 5) is 12.4. The Balaban J connectivity index is 3.45. The van der Waals surface area contributed by atoms with Gasteiger partial charge in [0, 0.05) is 6.42 Å². The maximum absolute atomic E-state index is 12.4. The lowest BCUT2D eigenvalue weighted by Crippen LogP contribution is -2.45. The minimum absolute atomic E-state index is 0.0572. The van der Waals surface area contributed by atoms with E-state index < -0.39 is 12.1 Å². The second-order valence-corrected chi connectivity index (χ2v) is 17.6. The first kappa shape index (κ1) is 54.1. The number of hydrogen-bond acceptors (Lipinski definition) is 3. The van der Waals surface area contributed by atoms with Crippen LogP contribution in [-0.4, -0.2) is 34.9 Å². The topological polar surface area (TPSA) is 69.6 Å². The maximum atomic E-state index is 12.4. The molecule has 0 aliphatic rings. The van der Waals surface area contributed by atoms with Crippen molar-refractivity contribution in [1.82, 2.24) is 5.32 Å². The van der Waals surface area contributed by atoms with Crippen LogP contribution in [0.3, 0.4) is 0 Å². The van der Waals surface area contributed by atoms with E-state index in [0.717, 1.165) is 25.7 Å². The fourth-order valence-electron chi connectivity index (χ4n) is 8.12. The Morgan fingerprint density at radius 2 is 0.673 bits per heavy atom. The molecular formula is C51H101NO3. The average molecular weight is 776 g/mol. The van der Waals surface area contributed by atoms with E-state index >= 15 is 0 Å². The highest BCUT2D eigenvalue weighted by Crippen LogP contribution is 2.17. The highest BCUT2D eigenvalue weighted by atomic mass is 16.3. The van der Waals surface area contributed by atoms with Gasteiger partial charge in [0.1, 0.15) is 0 Å². The number of unbranched alkanes of at least 4 members (excludes halogenated alkanes) is 40. The van der Waals surface area contributed by atoms with Crippen molar-refractivity contribution in [3.63, 3.8) is 0 Å². The number of rotatable bonds is 47. The normalized spacial score (nSPS) is 12.9. The van der Waals surface area contributed by atoms with Crippen LogP contribution in [0.1, 0.15) is 290 Å². The summed E-state index contributed by atoms with van der Waals surface area (Å²) >= 11 is 0. The van der Waals surface area contributed by atoms with Crippen LogP contribution >= 0.6 is 0 Å². The number of amides is 1. The quantitative estimate of drug-likeness (QED) is 0.0426. The Labute approximate surface area is 346 Å². The Hall–Kier alpha value is -0.870. The molecule has 0 aliphatic heterocycles. The van der Waals surface area contributed by atoms with Crippen molar-refractivity contribution in [2.75, 3.05) is 6.61 Å². The molecule has 0 aromatic heterocycles. The molecule has 0 aliphatic carbocycles. The summed E-state index contributed by atoms with van der Waals surface area (Å²) in [6.45, 7) is 4.34. The summed E-state index contributed by atoms with van der Waals surface area (Å²) in [6, 6.07) is -0.617. The number of carbonyl (C=O) groups is 1. The Kier molecular flexibility index (Phi) is 46.8. The highest BCUT2D eigenvalue weighted by Gasteiger charge is 2.18. The van der Waals surface area contributed by atoms with E-state index in [0.29, 0.717) is 6.42 Å². The SMILES string of the molecule is CCCCCCCCCCCCCCCCC/C=C/C(O)C(CO)NC(=O)CCCCCCCCCCCCCCCCCCCCCCCCCCCC. The Morgan fingerprint density at radius 1 is 0.418 bits per heavy atom. The van der Waals surface area contributed by atoms with Gasteiger partial charge in [-0.25, -0.2) is 0 Å². The van der Waals surface area contributed by atoms with Crippen LogP contribution in [0.25, 0.3) is 0 Å². The van der Waals surface area contributed by atoms with E-state index in [1.54, 1.807) is 6.08 Å². The number of carbonyl (C=O) groups excluding carboxylic acids is 1. The molecule has 2 unspecified atom stereocenters. The zero-order valence-electron chi connectivity index (χ0n) is 37.7. The zero-order valence-corrected chi connectivity index (χ0v) is 37.7. The van der Waals surface area contributed by atoms with Crippen LogP contribution in [-0.2, 0) is 4.79 Å². The van der Waals surface area contributed by atoms with E-state index in [2.05, 4.69) is 19.2 Å². The summed E-state index contributed by atoms with van der Waals surface area (Å²) in [5.74, 6) is -0.0572. The molecule has 1 amide bonds. The van der Waals surface area contributed by atoms with Gasteiger partial charge in [0.25, 0.3) is 0 Å². The van der Waals surface area contributed by atoms with E-state index in [-0.39, 0.29) is 12.5 Å². The Bertz CT molecular complexity index is 754. The summed E-state index contributed by atoms with van der Waals surface area (Å²) in [6.07, 6.45) is 60.6. The summed E-state index contributed by atoms with van der Waals surface area (Å²) in [5.41, 5.74) is 0. The fourth-order valence-corrected chi connectivity index (χ4v) is 8.12. The molecule has 0 aromatic carbocycles. The van der Waals surface area contributed by atoms with Crippen molar-refractivity contribution >= 4 is 5.91 Å². The molecule has 0 radical (unpaired) electrons. The number of allylic oxidation sites excluding steroid dienone is 1. The van der Waals surface area contributed by atoms with Crippen LogP contribution in [0.4, 0.5) is 0 Å². The second kappa shape index (κ2) is 47.5. The highest BCUT2D eigenvalue weighted by molar-refractivity contribution is 5.76. The van der Waals surface area contributed by atoms with Gasteiger partial charge in [0.15, 0.2) is 0 Å². The molecule has 0 saturated heterocycles. The Morgan fingerprint density at radius 3 is 0.945 bits per heavy atom. The van der Waals surface area contributed by atoms with Gasteiger partial charge in [-0.15, -0.1) is 0 Å². The molecule has 0 fully saturated rings. The first-order chi connectivity index (χ1) is 27.2. The molecule has 0 bridgehead atoms. The predicted molar refractivity (Wildman–Crippen MR) is 244 cm³/mol. The van der Waals surface area contributed by atoms with Crippen molar-refractivity contribution in [2.45, 2.75) is 302 Å². The lowest BCUT2D eigenvalue weighted by atomic mass is 10.0. The van der Waals surface area contributed by atoms with Gasteiger partial charge in [-0.1, -0.05) is 276 Å². The molecule has 0 rings (SSSR count). The van der Waals surface area contributed by atoms with Crippen LogP contribution in [0.5, 0.6) is 0 Å². The molecule has 55 heavy (non-hydrogen) atoms. The van der Waals surface area contributed by atoms with Crippen LogP contribution in [0.2, 0.25) is 0 Å². The monoisotopic (exact) mass is 776 g/mol. The maximum Gasteiger partial charge on any atom is 0.220 e. The minimum Gasteiger partial charge on any atom is -0.394 e. The van der Waals surface area contributed by atoms with Crippen molar-refractivity contribution < 1.29 is 15.0 Å². The van der Waals surface area contributed by atoms with Crippen LogP contribution < -0.4 is 5.32 Å². The average Bonchev–Trinajstić information content (AvgIpc) is 3.19. The number of aliphatic hydroxyl groups excluding tert-OH is 2. The smallest absolute Gasteiger partial charge is 0.220 e. The molecule has 0 aromatic rings. The molecule has 328 valence electrons. The number of nitrogens with one attached hydrogen (secondary N) is 1. The summed E-state index contributed by atoms with van der Waals surface area (Å²) in [7, 11) is 0. The third kappa shape index (κ3) is 44.1. The number of aliphatic hydroxyl groups is 2. The van der Waals surface area contributed by atoms with Gasteiger partial charge < -0.3 is 15.5 Å². The van der Waals surface area contributed by atoms with Gasteiger partial charge in [0.2, 0.25) is 5.91 Å². The van der Waals surface area contributed by atoms with Gasteiger partial charge in [-0.2, -0.15) is 0 Å². The minimum atomic E-state index is -0.834. The van der Waals surface area contributed by atoms with E-state index in [1.807, 2.05) is 6.08 Å². The summed E-state index contributed by atoms with van der Waals surface area (Å²) < 4.78 is 0. The van der Waals surface area contributed by atoms with E-state index in [4.69, 9.17) is 0 Å². The summed E-state index contributed by atoms with van der Waals surface area (Å²) in [5, 5.41) is 23.1. The third-order valence-electron chi connectivity index (χ3n) is 12.0. The van der Waals surface area contributed by atoms with E-state index in [1.165, 1.54) is 244 Å². The predicted octanol–water partition coefficient (Wildman–Crippen LogP) is 16.2. The first-order valence-corrected chi connectivity index (χ1v) is 25.4. The molecule has 0 heterocycles. The fraction of sp³-hybridized carbons (Fsp3) is 0.941. The van der Waals surface area contributed by atoms with Gasteiger partial charge in [-0.3, -0.25) is 4.79 Å². The first-order valence-electron chi connectivity index (χ1n) is 25.4. The van der Waals surface area contributed by atoms with Crippen molar-refractivity contribution in [2.24, 2.45) is 0 Å². The molecule has 4 nitrogen and oxygen atoms in total. The van der Waals surface area contributed by atoms with Crippen LogP contribution in [0.15, 0.2) is 12.2 Å². The number of hydrogen-bond donors (Lipinski definition) is 3. The van der Waals surface area contributed by atoms with Crippen molar-refractivity contribution in [3.05, 3.63) is 12.2 Å². The van der Waals surface area contributed by atoms with Crippen molar-refractivity contribution in [1.29, 1.82) is 0 Å². The molecular weight excluding hydrogens is 675 g/mol. The lowest BCUT2D eigenvalue weighted by molar-refractivity contribution is -0.123. The molecule has 0 spiro atoms. The third-order valence-corrected chi connectivity index (χ3v) is 12.0. The largest absolute Gasteiger partial charge is 0.394 e. The standard InChI is InChI=1S/C51H101NO3/c1-3-5-7-9-11-13-15-17-19-21-22-23-24-25-26-27-28-29-31-33-35-37-39-41-43-45-47-51(55)52-49(48-53)50(54)46-44-42-40-38-36-34-32-30-20-18-16-14-12-10-8-6-4-2/h44,46,49-50,53-54H,3-43,45,47-48H2,1-2H3,(H,52,55)/b46-44+. The zero-order chi connectivity index (χ0) is 40.0. The van der Waals surface area contributed by atoms with Gasteiger partial charge >= 0.3 is 0 Å². The van der Waals surface area contributed by atoms with Gasteiger partial charge in [0.05, 0.1) is 18.8 Å². The molecule has 0 saturated carbocycles. The second-order valence-electron chi connectivity index (χ2n) is 17.6. The lowest BCUT2D eigenvalue weighted by Gasteiger charge is -2.20.